The zero-order valence-electron chi connectivity index (χ0n) is 14.9. The van der Waals surface area contributed by atoms with Crippen molar-refractivity contribution in [1.82, 2.24) is 0 Å². The zero-order chi connectivity index (χ0) is 17.2. The van der Waals surface area contributed by atoms with Crippen molar-refractivity contribution in [2.24, 2.45) is 0 Å². The van der Waals surface area contributed by atoms with Gasteiger partial charge in [-0.1, -0.05) is 0 Å². The van der Waals surface area contributed by atoms with Crippen molar-refractivity contribution in [1.29, 1.82) is 0 Å². The molecule has 0 aliphatic rings. The molecular formula is C24H27Bi. The average molecular weight is 524 g/mol. The summed E-state index contributed by atoms with van der Waals surface area (Å²) in [4.78, 5) is 0. The first-order valence-corrected chi connectivity index (χ1v) is 16.6. The maximum atomic E-state index is 2.29. The van der Waals surface area contributed by atoms with E-state index in [0.717, 1.165) is 0 Å². The summed E-state index contributed by atoms with van der Waals surface area (Å²) in [6, 6.07) is 33.1. The van der Waals surface area contributed by atoms with Gasteiger partial charge in [0, 0.05) is 0 Å². The van der Waals surface area contributed by atoms with Crippen LogP contribution in [0.4, 0.5) is 0 Å². The number of hydrogen-bond donors (Lipinski definition) is 0. The average Bonchev–Trinajstić information content (AvgIpc) is 2.70. The fourth-order valence-corrected chi connectivity index (χ4v) is 12.4. The fourth-order valence-electron chi connectivity index (χ4n) is 3.13. The predicted octanol–water partition coefficient (Wildman–Crippen LogP) is 6.21. The summed E-state index contributed by atoms with van der Waals surface area (Å²) >= 11 is -1.45. The summed E-state index contributed by atoms with van der Waals surface area (Å²) in [5.74, 6) is 0. The minimum atomic E-state index is -1.45. The number of rotatable bonds is 9. The van der Waals surface area contributed by atoms with Crippen molar-refractivity contribution >= 4 is 21.8 Å². The minimum absolute atomic E-state index is 1.28. The molecule has 0 aromatic heterocycles. The van der Waals surface area contributed by atoms with E-state index in [9.17, 15) is 0 Å². The Labute approximate surface area is 160 Å². The van der Waals surface area contributed by atoms with E-state index >= 15 is 0 Å². The number of benzene rings is 3. The van der Waals surface area contributed by atoms with Crippen LogP contribution >= 0.6 is 0 Å². The van der Waals surface area contributed by atoms with Crippen molar-refractivity contribution in [3.8, 4) is 0 Å². The van der Waals surface area contributed by atoms with Crippen molar-refractivity contribution in [2.75, 3.05) is 0 Å². The molecule has 0 radical (unpaired) electrons. The normalized spacial score (nSPS) is 10.9. The van der Waals surface area contributed by atoms with Gasteiger partial charge < -0.3 is 0 Å². The molecule has 0 atom stereocenters. The quantitative estimate of drug-likeness (QED) is 0.292. The van der Waals surface area contributed by atoms with Gasteiger partial charge in [0.15, 0.2) is 0 Å². The molecule has 0 N–H and O–H groups in total. The van der Waals surface area contributed by atoms with Crippen LogP contribution in [0.25, 0.3) is 0 Å². The van der Waals surface area contributed by atoms with Crippen molar-refractivity contribution in [3.05, 3.63) is 108 Å². The Morgan fingerprint density at radius 3 is 0.960 bits per heavy atom. The van der Waals surface area contributed by atoms with Crippen LogP contribution in [0.2, 0.25) is 12.4 Å². The fraction of sp³-hybridized carbons (Fsp3) is 0.250. The van der Waals surface area contributed by atoms with Crippen LogP contribution < -0.4 is 0 Å². The van der Waals surface area contributed by atoms with E-state index in [1.165, 1.54) is 48.3 Å². The van der Waals surface area contributed by atoms with Crippen LogP contribution in [0.5, 0.6) is 0 Å². The molecule has 0 aliphatic carbocycles. The van der Waals surface area contributed by atoms with Crippen LogP contribution in [-0.2, 0) is 19.3 Å². The molecule has 0 heterocycles. The molecule has 0 saturated carbocycles. The molecule has 0 bridgehead atoms. The van der Waals surface area contributed by atoms with Gasteiger partial charge in [0.05, 0.1) is 0 Å². The second-order valence-electron chi connectivity index (χ2n) is 6.55. The molecule has 0 unspecified atom stereocenters. The molecule has 0 nitrogen and oxygen atoms in total. The molecular weight excluding hydrogens is 497 g/mol. The maximum absolute atomic E-state index is 2.29. The number of hydrogen-bond acceptors (Lipinski definition) is 0. The molecule has 3 aromatic rings. The van der Waals surface area contributed by atoms with Gasteiger partial charge in [-0.25, -0.2) is 0 Å². The van der Waals surface area contributed by atoms with E-state index in [2.05, 4.69) is 91.0 Å². The SMILES string of the molecule is c1ccc(C[CH2][Bi]([CH2]Cc2ccccc2)[CH2]Cc2ccccc2)cc1. The first-order valence-electron chi connectivity index (χ1n) is 9.24. The summed E-state index contributed by atoms with van der Waals surface area (Å²) in [5.41, 5.74) is 4.55. The van der Waals surface area contributed by atoms with E-state index < -0.39 is 21.8 Å². The van der Waals surface area contributed by atoms with E-state index in [0.29, 0.717) is 0 Å². The summed E-state index contributed by atoms with van der Waals surface area (Å²) in [6.45, 7) is 0. The Balaban J connectivity index is 1.56. The Morgan fingerprint density at radius 1 is 0.400 bits per heavy atom. The van der Waals surface area contributed by atoms with Crippen LogP contribution in [0.1, 0.15) is 16.7 Å². The third-order valence-corrected chi connectivity index (χ3v) is 14.7. The van der Waals surface area contributed by atoms with Crippen LogP contribution in [0.3, 0.4) is 0 Å². The molecule has 0 fully saturated rings. The Hall–Kier alpha value is -1.46. The molecule has 1 heteroatoms. The Morgan fingerprint density at radius 2 is 0.680 bits per heavy atom. The standard InChI is InChI=1S/3C8H9.Bi/c3*1-2-8-6-4-3-5-7-8;/h3*3-7H,1-2H2;. The molecule has 0 amide bonds. The van der Waals surface area contributed by atoms with E-state index in [1.54, 1.807) is 0 Å². The molecule has 3 aromatic carbocycles. The van der Waals surface area contributed by atoms with Gasteiger partial charge in [-0.3, -0.25) is 0 Å². The molecule has 0 spiro atoms. The number of aryl methyl sites for hydroxylation is 3. The molecule has 25 heavy (non-hydrogen) atoms. The van der Waals surface area contributed by atoms with Crippen LogP contribution in [-0.4, -0.2) is 21.8 Å². The molecule has 0 saturated heterocycles. The van der Waals surface area contributed by atoms with Gasteiger partial charge >= 0.3 is 161 Å². The van der Waals surface area contributed by atoms with E-state index in [1.807, 2.05) is 0 Å². The Bertz CT molecular complexity index is 603. The van der Waals surface area contributed by atoms with E-state index in [-0.39, 0.29) is 0 Å². The second-order valence-corrected chi connectivity index (χ2v) is 17.0. The van der Waals surface area contributed by atoms with Gasteiger partial charge in [-0.2, -0.15) is 0 Å². The van der Waals surface area contributed by atoms with Crippen LogP contribution in [0.15, 0.2) is 91.0 Å². The van der Waals surface area contributed by atoms with Gasteiger partial charge in [0.25, 0.3) is 0 Å². The topological polar surface area (TPSA) is 0 Å². The predicted molar refractivity (Wildman–Crippen MR) is 111 cm³/mol. The third kappa shape index (κ3) is 6.75. The third-order valence-electron chi connectivity index (χ3n) is 4.68. The van der Waals surface area contributed by atoms with Crippen molar-refractivity contribution in [2.45, 2.75) is 31.6 Å². The second kappa shape index (κ2) is 10.5. The van der Waals surface area contributed by atoms with Crippen LogP contribution in [0, 0.1) is 0 Å². The summed E-state index contributed by atoms with van der Waals surface area (Å²) < 4.78 is 4.46. The molecule has 0 aliphatic heterocycles. The summed E-state index contributed by atoms with van der Waals surface area (Å²) in [6.07, 6.45) is 3.84. The van der Waals surface area contributed by atoms with Gasteiger partial charge in [0.2, 0.25) is 0 Å². The molecule has 3 rings (SSSR count). The summed E-state index contributed by atoms with van der Waals surface area (Å²) in [5, 5.41) is 0. The monoisotopic (exact) mass is 524 g/mol. The van der Waals surface area contributed by atoms with Gasteiger partial charge in [-0.05, 0) is 0 Å². The van der Waals surface area contributed by atoms with Gasteiger partial charge in [0.1, 0.15) is 0 Å². The first-order chi connectivity index (χ1) is 12.4. The van der Waals surface area contributed by atoms with Crippen molar-refractivity contribution < 1.29 is 0 Å². The Kier molecular flexibility index (Phi) is 7.71. The zero-order valence-corrected chi connectivity index (χ0v) is 18.3. The summed E-state index contributed by atoms with van der Waals surface area (Å²) in [7, 11) is 0. The molecule has 128 valence electrons. The van der Waals surface area contributed by atoms with E-state index in [4.69, 9.17) is 0 Å². The van der Waals surface area contributed by atoms with Gasteiger partial charge in [-0.15, -0.1) is 0 Å². The first kappa shape index (κ1) is 18.3. The van der Waals surface area contributed by atoms with Crippen molar-refractivity contribution in [3.63, 3.8) is 0 Å².